The molecule has 0 N–H and O–H groups in total. The Morgan fingerprint density at radius 3 is 1.46 bits per heavy atom. The minimum atomic E-state index is 0.651. The molecule has 0 radical (unpaired) electrons. The van der Waals surface area contributed by atoms with E-state index in [9.17, 15) is 0 Å². The summed E-state index contributed by atoms with van der Waals surface area (Å²) in [7, 11) is 0. The summed E-state index contributed by atoms with van der Waals surface area (Å²) in [6, 6.07) is 67.7. The molecule has 0 saturated heterocycles. The van der Waals surface area contributed by atoms with Crippen molar-refractivity contribution < 1.29 is 9.47 Å². The summed E-state index contributed by atoms with van der Waals surface area (Å²) in [5.41, 5.74) is 6.31. The lowest BCUT2D eigenvalue weighted by Crippen LogP contribution is -2.11. The summed E-state index contributed by atoms with van der Waals surface area (Å²) >= 11 is 0. The first-order valence-electron chi connectivity index (χ1n) is 17.5. The van der Waals surface area contributed by atoms with E-state index in [4.69, 9.17) is 9.47 Å². The number of para-hydroxylation sites is 2. The molecule has 0 bridgehead atoms. The van der Waals surface area contributed by atoms with Crippen molar-refractivity contribution in [1.29, 1.82) is 0 Å². The highest BCUT2D eigenvalue weighted by Gasteiger charge is 2.25. The minimum absolute atomic E-state index is 0.651. The fourth-order valence-corrected chi connectivity index (χ4v) is 7.52. The van der Waals surface area contributed by atoms with Crippen molar-refractivity contribution in [3.8, 4) is 23.0 Å². The van der Waals surface area contributed by atoms with Gasteiger partial charge in [-0.15, -0.1) is 0 Å². The highest BCUT2D eigenvalue weighted by Crippen LogP contribution is 2.52. The summed E-state index contributed by atoms with van der Waals surface area (Å²) < 4.78 is 13.6. The lowest BCUT2D eigenvalue weighted by atomic mass is 10.0. The second-order valence-corrected chi connectivity index (χ2v) is 12.9. The second kappa shape index (κ2) is 12.4. The van der Waals surface area contributed by atoms with Crippen LogP contribution in [0.1, 0.15) is 0 Å². The molecule has 0 saturated carbocycles. The van der Waals surface area contributed by atoms with Gasteiger partial charge in [0, 0.05) is 33.6 Å². The molecule has 0 aromatic heterocycles. The Morgan fingerprint density at radius 2 is 0.769 bits per heavy atom. The maximum Gasteiger partial charge on any atom is 0.172 e. The summed E-state index contributed by atoms with van der Waals surface area (Å²) in [6.07, 6.45) is 0. The number of nitrogens with zero attached hydrogens (tertiary/aromatic N) is 2. The van der Waals surface area contributed by atoms with Gasteiger partial charge in [-0.1, -0.05) is 121 Å². The van der Waals surface area contributed by atoms with E-state index in [1.165, 1.54) is 21.5 Å². The molecular weight excluding hydrogens is 637 g/mol. The minimum Gasteiger partial charge on any atom is -0.453 e. The molecule has 246 valence electrons. The van der Waals surface area contributed by atoms with Crippen molar-refractivity contribution in [2.45, 2.75) is 0 Å². The van der Waals surface area contributed by atoms with E-state index in [0.29, 0.717) is 11.5 Å². The first-order chi connectivity index (χ1) is 25.8. The molecule has 0 unspecified atom stereocenters. The number of fused-ring (bicyclic) bond motifs is 3. The fourth-order valence-electron chi connectivity index (χ4n) is 7.52. The molecule has 0 atom stereocenters. The van der Waals surface area contributed by atoms with Crippen LogP contribution in [0.2, 0.25) is 0 Å². The van der Waals surface area contributed by atoms with E-state index in [1.54, 1.807) is 0 Å². The molecule has 4 nitrogen and oxygen atoms in total. The first-order valence-corrected chi connectivity index (χ1v) is 17.5. The Morgan fingerprint density at radius 1 is 0.288 bits per heavy atom. The average Bonchev–Trinajstić information content (AvgIpc) is 3.37. The summed E-state index contributed by atoms with van der Waals surface area (Å²) in [5, 5.41) is 6.66. The van der Waals surface area contributed by atoms with Crippen LogP contribution in [0.15, 0.2) is 194 Å². The van der Waals surface area contributed by atoms with Crippen molar-refractivity contribution >= 4 is 66.4 Å². The van der Waals surface area contributed by atoms with Crippen molar-refractivity contribution in [2.24, 2.45) is 0 Å². The van der Waals surface area contributed by atoms with E-state index in [-0.39, 0.29) is 0 Å². The maximum atomic E-state index is 6.87. The number of rotatable bonds is 6. The molecule has 1 heterocycles. The van der Waals surface area contributed by atoms with Crippen molar-refractivity contribution in [1.82, 2.24) is 0 Å². The molecule has 0 amide bonds. The molecule has 1 aliphatic rings. The zero-order chi connectivity index (χ0) is 34.4. The van der Waals surface area contributed by atoms with Crippen LogP contribution in [-0.4, -0.2) is 0 Å². The van der Waals surface area contributed by atoms with E-state index >= 15 is 0 Å². The van der Waals surface area contributed by atoms with Crippen molar-refractivity contribution in [3.63, 3.8) is 0 Å². The summed E-state index contributed by atoms with van der Waals surface area (Å²) in [6.45, 7) is 0. The van der Waals surface area contributed by atoms with Gasteiger partial charge in [0.05, 0.1) is 28.1 Å². The lowest BCUT2D eigenvalue weighted by Gasteiger charge is -2.28. The van der Waals surface area contributed by atoms with Crippen LogP contribution < -0.4 is 19.3 Å². The molecule has 0 spiro atoms. The predicted molar refractivity (Wildman–Crippen MR) is 215 cm³/mol. The Hall–Kier alpha value is -7.04. The van der Waals surface area contributed by atoms with Crippen LogP contribution in [0, 0.1) is 0 Å². The fraction of sp³-hybridized carbons (Fsp3) is 0. The van der Waals surface area contributed by atoms with E-state index < -0.39 is 0 Å². The predicted octanol–water partition coefficient (Wildman–Crippen LogP) is 14.0. The van der Waals surface area contributed by atoms with Crippen LogP contribution in [-0.2, 0) is 0 Å². The van der Waals surface area contributed by atoms with Crippen molar-refractivity contribution in [2.75, 3.05) is 9.80 Å². The van der Waals surface area contributed by atoms with Gasteiger partial charge < -0.3 is 19.3 Å². The van der Waals surface area contributed by atoms with Gasteiger partial charge in [0.1, 0.15) is 11.5 Å². The molecule has 10 rings (SSSR count). The molecule has 4 heteroatoms. The van der Waals surface area contributed by atoms with Gasteiger partial charge in [0.15, 0.2) is 11.5 Å². The van der Waals surface area contributed by atoms with Crippen LogP contribution in [0.25, 0.3) is 32.3 Å². The van der Waals surface area contributed by atoms with Gasteiger partial charge in [-0.2, -0.15) is 0 Å². The Kier molecular flexibility index (Phi) is 7.10. The van der Waals surface area contributed by atoms with E-state index in [0.717, 1.165) is 56.4 Å². The van der Waals surface area contributed by atoms with Crippen molar-refractivity contribution in [3.05, 3.63) is 194 Å². The quantitative estimate of drug-likeness (QED) is 0.176. The van der Waals surface area contributed by atoms with E-state index in [2.05, 4.69) is 186 Å². The normalized spacial score (nSPS) is 11.8. The average molecular weight is 669 g/mol. The SMILES string of the molecule is c1ccc(N(c2ccc3c(c2)Oc2cccc4c(N(c5ccccc5)c5cccc6ccccc56)ccc(c24)O3)c2cccc3ccccc23)cc1. The number of hydrogen-bond donors (Lipinski definition) is 0. The molecule has 0 aliphatic carbocycles. The third-order valence-electron chi connectivity index (χ3n) is 9.85. The molecular formula is C48H32N2O2. The highest BCUT2D eigenvalue weighted by molar-refractivity contribution is 6.08. The highest BCUT2D eigenvalue weighted by atomic mass is 16.5. The van der Waals surface area contributed by atoms with Gasteiger partial charge in [0.2, 0.25) is 0 Å². The topological polar surface area (TPSA) is 24.9 Å². The monoisotopic (exact) mass is 668 g/mol. The Bertz CT molecular complexity index is 2750. The smallest absolute Gasteiger partial charge is 0.172 e. The van der Waals surface area contributed by atoms with Crippen LogP contribution >= 0.6 is 0 Å². The molecule has 9 aromatic rings. The van der Waals surface area contributed by atoms with E-state index in [1.807, 2.05) is 18.2 Å². The van der Waals surface area contributed by atoms with Gasteiger partial charge in [-0.05, 0) is 77.5 Å². The van der Waals surface area contributed by atoms with Crippen LogP contribution in [0.3, 0.4) is 0 Å². The second-order valence-electron chi connectivity index (χ2n) is 12.9. The number of ether oxygens (including phenoxy) is 2. The molecule has 1 aliphatic heterocycles. The molecule has 9 aromatic carbocycles. The summed E-state index contributed by atoms with van der Waals surface area (Å²) in [5.74, 6) is 2.81. The number of hydrogen-bond acceptors (Lipinski definition) is 4. The van der Waals surface area contributed by atoms with Crippen LogP contribution in [0.4, 0.5) is 34.1 Å². The number of anilines is 6. The number of benzene rings is 9. The first kappa shape index (κ1) is 29.8. The molecule has 0 fully saturated rings. The van der Waals surface area contributed by atoms with Gasteiger partial charge in [-0.3, -0.25) is 0 Å². The van der Waals surface area contributed by atoms with Gasteiger partial charge in [0.25, 0.3) is 0 Å². The third kappa shape index (κ3) is 5.00. The van der Waals surface area contributed by atoms with Gasteiger partial charge >= 0.3 is 0 Å². The third-order valence-corrected chi connectivity index (χ3v) is 9.85. The largest absolute Gasteiger partial charge is 0.453 e. The molecule has 52 heavy (non-hydrogen) atoms. The van der Waals surface area contributed by atoms with Crippen LogP contribution in [0.5, 0.6) is 23.0 Å². The zero-order valence-electron chi connectivity index (χ0n) is 28.2. The Balaban J connectivity index is 1.13. The van der Waals surface area contributed by atoms with Gasteiger partial charge in [-0.25, -0.2) is 0 Å². The standard InChI is InChI=1S/C48H32N2O2/c1-3-18-35(19-4-1)49(41-25-11-16-33-14-7-9-22-38(33)41)37-28-30-44-47(32-37)52-45-27-13-24-40-43(29-31-46(51-44)48(40)45)50(36-20-5-2-6-21-36)42-26-12-17-34-15-8-10-23-39(34)42/h1-32H. The summed E-state index contributed by atoms with van der Waals surface area (Å²) in [4.78, 5) is 4.62. The zero-order valence-corrected chi connectivity index (χ0v) is 28.2. The maximum absolute atomic E-state index is 6.87. The Labute approximate surface area is 302 Å². The lowest BCUT2D eigenvalue weighted by molar-refractivity contribution is 0.439.